The molecule has 0 bridgehead atoms. The van der Waals surface area contributed by atoms with Gasteiger partial charge in [-0.15, -0.1) is 0 Å². The molecular weight excluding hydrogens is 274 g/mol. The molecule has 22 heavy (non-hydrogen) atoms. The summed E-state index contributed by atoms with van der Waals surface area (Å²) in [6.07, 6.45) is 11.9. The number of pyridine rings is 1. The minimum absolute atomic E-state index is 0.0557. The van der Waals surface area contributed by atoms with Crippen LogP contribution < -0.4 is 10.6 Å². The van der Waals surface area contributed by atoms with Gasteiger partial charge in [0.15, 0.2) is 0 Å². The maximum Gasteiger partial charge on any atom is 0.252 e. The highest BCUT2D eigenvalue weighted by Crippen LogP contribution is 2.20. The van der Waals surface area contributed by atoms with Crippen LogP contribution in [-0.2, 0) is 0 Å². The summed E-state index contributed by atoms with van der Waals surface area (Å²) in [5.41, 5.74) is 3.08. The van der Waals surface area contributed by atoms with Crippen molar-refractivity contribution < 1.29 is 4.79 Å². The Labute approximate surface area is 133 Å². The standard InChI is InChI=1S/C18H27N3O/c1-14(2)11-21-18(22)16-10-17(13-19-12-16)20-9-8-15-6-4-3-5-7-15/h6,10,12-14,20H,3-5,7-9,11H2,1-2H3,(H,21,22). The fourth-order valence-corrected chi connectivity index (χ4v) is 2.56. The number of allylic oxidation sites excluding steroid dienone is 1. The van der Waals surface area contributed by atoms with Crippen LogP contribution in [0.15, 0.2) is 30.1 Å². The van der Waals surface area contributed by atoms with Crippen molar-refractivity contribution in [2.75, 3.05) is 18.4 Å². The molecule has 0 saturated carbocycles. The molecule has 0 fully saturated rings. The van der Waals surface area contributed by atoms with Crippen molar-refractivity contribution in [1.29, 1.82) is 0 Å². The van der Waals surface area contributed by atoms with Crippen LogP contribution in [0.1, 0.15) is 56.3 Å². The number of nitrogens with one attached hydrogen (secondary N) is 2. The molecule has 1 amide bonds. The van der Waals surface area contributed by atoms with Crippen LogP contribution in [0, 0.1) is 5.92 Å². The smallest absolute Gasteiger partial charge is 0.252 e. The third-order valence-corrected chi connectivity index (χ3v) is 3.83. The number of carbonyl (C=O) groups is 1. The van der Waals surface area contributed by atoms with E-state index in [0.717, 1.165) is 18.7 Å². The van der Waals surface area contributed by atoms with Crippen LogP contribution >= 0.6 is 0 Å². The van der Waals surface area contributed by atoms with Gasteiger partial charge in [0, 0.05) is 25.5 Å². The van der Waals surface area contributed by atoms with Gasteiger partial charge in [0.1, 0.15) is 0 Å². The lowest BCUT2D eigenvalue weighted by molar-refractivity contribution is 0.0948. The summed E-state index contributed by atoms with van der Waals surface area (Å²) in [6.45, 7) is 5.74. The normalized spacial score (nSPS) is 14.6. The second kappa shape index (κ2) is 8.57. The predicted octanol–water partition coefficient (Wildman–Crippen LogP) is 3.77. The van der Waals surface area contributed by atoms with Gasteiger partial charge in [0.25, 0.3) is 5.91 Å². The summed E-state index contributed by atoms with van der Waals surface area (Å²) >= 11 is 0. The zero-order chi connectivity index (χ0) is 15.8. The number of amides is 1. The molecule has 2 N–H and O–H groups in total. The Kier molecular flexibility index (Phi) is 6.44. The van der Waals surface area contributed by atoms with Gasteiger partial charge in [-0.25, -0.2) is 0 Å². The Hall–Kier alpha value is -1.84. The predicted molar refractivity (Wildman–Crippen MR) is 91.1 cm³/mol. The van der Waals surface area contributed by atoms with Crippen molar-refractivity contribution in [3.05, 3.63) is 35.7 Å². The van der Waals surface area contributed by atoms with Gasteiger partial charge in [-0.3, -0.25) is 9.78 Å². The van der Waals surface area contributed by atoms with Gasteiger partial charge in [-0.05, 0) is 44.1 Å². The van der Waals surface area contributed by atoms with Crippen LogP contribution in [0.25, 0.3) is 0 Å². The summed E-state index contributed by atoms with van der Waals surface area (Å²) in [7, 11) is 0. The van der Waals surface area contributed by atoms with Gasteiger partial charge in [-0.1, -0.05) is 25.5 Å². The molecular formula is C18H27N3O. The highest BCUT2D eigenvalue weighted by atomic mass is 16.1. The van der Waals surface area contributed by atoms with Gasteiger partial charge < -0.3 is 10.6 Å². The molecule has 1 aliphatic rings. The van der Waals surface area contributed by atoms with E-state index in [1.54, 1.807) is 18.0 Å². The number of nitrogens with zero attached hydrogens (tertiary/aromatic N) is 1. The van der Waals surface area contributed by atoms with Crippen LogP contribution in [0.5, 0.6) is 0 Å². The zero-order valence-corrected chi connectivity index (χ0v) is 13.7. The zero-order valence-electron chi connectivity index (χ0n) is 13.7. The third kappa shape index (κ3) is 5.51. The first-order valence-electron chi connectivity index (χ1n) is 8.30. The number of aromatic nitrogens is 1. The molecule has 0 aliphatic heterocycles. The van der Waals surface area contributed by atoms with E-state index in [1.807, 2.05) is 6.07 Å². The molecule has 0 aromatic carbocycles. The van der Waals surface area contributed by atoms with E-state index in [2.05, 4.69) is 35.5 Å². The lowest BCUT2D eigenvalue weighted by atomic mass is 9.97. The number of anilines is 1. The summed E-state index contributed by atoms with van der Waals surface area (Å²) in [5, 5.41) is 6.29. The molecule has 0 spiro atoms. The molecule has 4 heteroatoms. The molecule has 0 unspecified atom stereocenters. The fraction of sp³-hybridized carbons (Fsp3) is 0.556. The second-order valence-corrected chi connectivity index (χ2v) is 6.35. The van der Waals surface area contributed by atoms with Crippen molar-refractivity contribution in [2.24, 2.45) is 5.92 Å². The van der Waals surface area contributed by atoms with Crippen molar-refractivity contribution in [2.45, 2.75) is 46.0 Å². The van der Waals surface area contributed by atoms with E-state index >= 15 is 0 Å². The topological polar surface area (TPSA) is 54.0 Å². The highest BCUT2D eigenvalue weighted by molar-refractivity contribution is 5.94. The average molecular weight is 301 g/mol. The molecule has 0 radical (unpaired) electrons. The van der Waals surface area contributed by atoms with E-state index < -0.39 is 0 Å². The average Bonchev–Trinajstić information content (AvgIpc) is 2.54. The fourth-order valence-electron chi connectivity index (χ4n) is 2.56. The molecule has 120 valence electrons. The van der Waals surface area contributed by atoms with Crippen molar-refractivity contribution in [3.8, 4) is 0 Å². The molecule has 1 aromatic rings. The van der Waals surface area contributed by atoms with Crippen molar-refractivity contribution >= 4 is 11.6 Å². The molecule has 4 nitrogen and oxygen atoms in total. The van der Waals surface area contributed by atoms with E-state index in [1.165, 1.54) is 25.7 Å². The monoisotopic (exact) mass is 301 g/mol. The third-order valence-electron chi connectivity index (χ3n) is 3.83. The lowest BCUT2D eigenvalue weighted by Crippen LogP contribution is -2.27. The molecule has 0 saturated heterocycles. The maximum absolute atomic E-state index is 12.0. The number of hydrogen-bond acceptors (Lipinski definition) is 3. The molecule has 2 rings (SSSR count). The minimum atomic E-state index is -0.0557. The van der Waals surface area contributed by atoms with Crippen LogP contribution in [-0.4, -0.2) is 24.0 Å². The molecule has 1 aliphatic carbocycles. The number of rotatable bonds is 7. The van der Waals surface area contributed by atoms with Crippen LogP contribution in [0.3, 0.4) is 0 Å². The van der Waals surface area contributed by atoms with Crippen LogP contribution in [0.4, 0.5) is 5.69 Å². The Morgan fingerprint density at radius 1 is 1.32 bits per heavy atom. The summed E-state index contributed by atoms with van der Waals surface area (Å²) in [5.74, 6) is 0.391. The SMILES string of the molecule is CC(C)CNC(=O)c1cncc(NCCC2=CCCCC2)c1. The molecule has 1 heterocycles. The maximum atomic E-state index is 12.0. The number of hydrogen-bond donors (Lipinski definition) is 2. The number of carbonyl (C=O) groups excluding carboxylic acids is 1. The molecule has 0 atom stereocenters. The van der Waals surface area contributed by atoms with E-state index in [-0.39, 0.29) is 5.91 Å². The summed E-state index contributed by atoms with van der Waals surface area (Å²) in [4.78, 5) is 16.2. The quantitative estimate of drug-likeness (QED) is 0.754. The van der Waals surface area contributed by atoms with E-state index in [4.69, 9.17) is 0 Å². The Morgan fingerprint density at radius 2 is 2.18 bits per heavy atom. The first-order chi connectivity index (χ1) is 10.6. The Bertz CT molecular complexity index is 523. The minimum Gasteiger partial charge on any atom is -0.383 e. The lowest BCUT2D eigenvalue weighted by Gasteiger charge is -2.13. The Morgan fingerprint density at radius 3 is 2.91 bits per heavy atom. The van der Waals surface area contributed by atoms with Crippen LogP contribution in [0.2, 0.25) is 0 Å². The largest absolute Gasteiger partial charge is 0.383 e. The highest BCUT2D eigenvalue weighted by Gasteiger charge is 2.08. The van der Waals surface area contributed by atoms with Gasteiger partial charge >= 0.3 is 0 Å². The van der Waals surface area contributed by atoms with E-state index in [0.29, 0.717) is 18.0 Å². The second-order valence-electron chi connectivity index (χ2n) is 6.35. The van der Waals surface area contributed by atoms with E-state index in [9.17, 15) is 4.79 Å². The molecule has 1 aromatic heterocycles. The van der Waals surface area contributed by atoms with Crippen molar-refractivity contribution in [1.82, 2.24) is 10.3 Å². The van der Waals surface area contributed by atoms with Gasteiger partial charge in [-0.2, -0.15) is 0 Å². The summed E-state index contributed by atoms with van der Waals surface area (Å²) in [6, 6.07) is 1.87. The van der Waals surface area contributed by atoms with Gasteiger partial charge in [0.2, 0.25) is 0 Å². The van der Waals surface area contributed by atoms with Crippen molar-refractivity contribution in [3.63, 3.8) is 0 Å². The Balaban J connectivity index is 1.82. The van der Waals surface area contributed by atoms with Gasteiger partial charge in [0.05, 0.1) is 11.3 Å². The first-order valence-corrected chi connectivity index (χ1v) is 8.30. The summed E-state index contributed by atoms with van der Waals surface area (Å²) < 4.78 is 0. The first kappa shape index (κ1) is 16.5.